The SMILES string of the molecule is Cc1cc(C)c2c(c1Cl)CC(=N/OCC(=O)N1CCCC(C)C1)/C=C/CC/C=C/CCOC2=O. The van der Waals surface area contributed by atoms with Gasteiger partial charge < -0.3 is 14.5 Å². The molecule has 0 spiro atoms. The van der Waals surface area contributed by atoms with E-state index >= 15 is 0 Å². The topological polar surface area (TPSA) is 68.2 Å². The van der Waals surface area contributed by atoms with Gasteiger partial charge in [0, 0.05) is 24.5 Å². The number of rotatable bonds is 3. The number of carbonyl (C=O) groups excluding carboxylic acids is 2. The van der Waals surface area contributed by atoms with Gasteiger partial charge in [-0.05, 0) is 74.6 Å². The molecule has 0 N–H and O–H groups in total. The minimum atomic E-state index is -0.390. The Labute approximate surface area is 207 Å². The van der Waals surface area contributed by atoms with Crippen LogP contribution in [0, 0.1) is 19.8 Å². The number of allylic oxidation sites excluding steroid dienone is 3. The lowest BCUT2D eigenvalue weighted by Crippen LogP contribution is -2.40. The summed E-state index contributed by atoms with van der Waals surface area (Å²) in [5, 5.41) is 4.80. The van der Waals surface area contributed by atoms with Crippen molar-refractivity contribution in [3.05, 3.63) is 57.6 Å². The first-order valence-electron chi connectivity index (χ1n) is 12.1. The molecule has 2 aliphatic heterocycles. The van der Waals surface area contributed by atoms with E-state index in [0.717, 1.165) is 49.9 Å². The second-order valence-electron chi connectivity index (χ2n) is 9.17. The summed E-state index contributed by atoms with van der Waals surface area (Å²) in [6.45, 7) is 7.69. The molecule has 34 heavy (non-hydrogen) atoms. The van der Waals surface area contributed by atoms with Crippen LogP contribution in [-0.2, 0) is 20.8 Å². The first-order valence-corrected chi connectivity index (χ1v) is 12.5. The van der Waals surface area contributed by atoms with E-state index in [-0.39, 0.29) is 12.5 Å². The van der Waals surface area contributed by atoms with Crippen molar-refractivity contribution >= 4 is 29.2 Å². The van der Waals surface area contributed by atoms with Gasteiger partial charge in [0.25, 0.3) is 5.91 Å². The molecular formula is C27H35ClN2O4. The molecule has 1 atom stereocenters. The van der Waals surface area contributed by atoms with E-state index in [9.17, 15) is 9.59 Å². The summed E-state index contributed by atoms with van der Waals surface area (Å²) in [5.74, 6) is 0.0589. The summed E-state index contributed by atoms with van der Waals surface area (Å²) in [4.78, 5) is 32.9. The molecule has 6 nitrogen and oxygen atoms in total. The fourth-order valence-corrected chi connectivity index (χ4v) is 4.63. The molecule has 1 aromatic rings. The molecule has 1 amide bonds. The number of likely N-dealkylation sites (tertiary alicyclic amines) is 1. The van der Waals surface area contributed by atoms with Gasteiger partial charge in [0.05, 0.1) is 17.9 Å². The lowest BCUT2D eigenvalue weighted by atomic mass is 9.94. The van der Waals surface area contributed by atoms with E-state index in [1.165, 1.54) is 0 Å². The number of ether oxygens (including phenoxy) is 1. The van der Waals surface area contributed by atoms with Crippen LogP contribution in [0.1, 0.15) is 66.1 Å². The van der Waals surface area contributed by atoms with Crippen LogP contribution in [0.5, 0.6) is 0 Å². The summed E-state index contributed by atoms with van der Waals surface area (Å²) in [6.07, 6.45) is 12.9. The molecule has 3 rings (SSSR count). The monoisotopic (exact) mass is 486 g/mol. The average molecular weight is 487 g/mol. The minimum Gasteiger partial charge on any atom is -0.462 e. The Morgan fingerprint density at radius 1 is 1.21 bits per heavy atom. The molecule has 0 radical (unpaired) electrons. The average Bonchev–Trinajstić information content (AvgIpc) is 2.80. The van der Waals surface area contributed by atoms with Crippen LogP contribution in [0.15, 0.2) is 35.5 Å². The molecule has 2 aliphatic rings. The van der Waals surface area contributed by atoms with Crippen LogP contribution < -0.4 is 0 Å². The Kier molecular flexibility index (Phi) is 9.75. The number of piperidine rings is 1. The van der Waals surface area contributed by atoms with Crippen LogP contribution in [-0.4, -0.2) is 48.8 Å². The van der Waals surface area contributed by atoms with Gasteiger partial charge in [-0.3, -0.25) is 4.79 Å². The maximum absolute atomic E-state index is 12.9. The molecule has 184 valence electrons. The predicted molar refractivity (Wildman–Crippen MR) is 135 cm³/mol. The van der Waals surface area contributed by atoms with Gasteiger partial charge in [0.2, 0.25) is 0 Å². The second-order valence-corrected chi connectivity index (χ2v) is 9.55. The third-order valence-electron chi connectivity index (χ3n) is 6.18. The highest BCUT2D eigenvalue weighted by Crippen LogP contribution is 2.29. The first kappa shape index (κ1) is 26.0. The molecular weight excluding hydrogens is 452 g/mol. The highest BCUT2D eigenvalue weighted by molar-refractivity contribution is 6.33. The molecule has 7 heteroatoms. The van der Waals surface area contributed by atoms with E-state index in [2.05, 4.69) is 18.2 Å². The molecule has 0 saturated carbocycles. The number of aryl methyl sites for hydroxylation is 2. The van der Waals surface area contributed by atoms with Gasteiger partial charge in [-0.25, -0.2) is 4.79 Å². The van der Waals surface area contributed by atoms with Crippen LogP contribution in [0.4, 0.5) is 0 Å². The standard InChI is InChI=1S/C27H35ClN2O4/c1-19-11-10-13-30(17-19)24(31)18-34-29-22-12-8-6-4-5-7-9-14-33-27(32)25-20(2)15-21(3)26(28)23(25)16-22/h5,7-8,12,15,19H,4,6,9-11,13-14,16-18H2,1-3H3/b7-5+,12-8+,29-22+. The van der Waals surface area contributed by atoms with Crippen molar-refractivity contribution < 1.29 is 19.2 Å². The van der Waals surface area contributed by atoms with Crippen molar-refractivity contribution in [1.82, 2.24) is 4.90 Å². The number of esters is 1. The van der Waals surface area contributed by atoms with Gasteiger partial charge in [-0.2, -0.15) is 0 Å². The molecule has 1 fully saturated rings. The Morgan fingerprint density at radius 3 is 2.76 bits per heavy atom. The maximum Gasteiger partial charge on any atom is 0.338 e. The number of carbonyl (C=O) groups is 2. The van der Waals surface area contributed by atoms with Gasteiger partial charge >= 0.3 is 5.97 Å². The number of hydrogen-bond acceptors (Lipinski definition) is 5. The summed E-state index contributed by atoms with van der Waals surface area (Å²) in [6, 6.07) is 1.90. The largest absolute Gasteiger partial charge is 0.462 e. The van der Waals surface area contributed by atoms with Crippen LogP contribution in [0.2, 0.25) is 5.02 Å². The highest BCUT2D eigenvalue weighted by Gasteiger charge is 2.23. The lowest BCUT2D eigenvalue weighted by Gasteiger charge is -2.30. The summed E-state index contributed by atoms with van der Waals surface area (Å²) in [7, 11) is 0. The fourth-order valence-electron chi connectivity index (χ4n) is 4.42. The van der Waals surface area contributed by atoms with E-state index < -0.39 is 5.97 Å². The first-order chi connectivity index (χ1) is 16.4. The van der Waals surface area contributed by atoms with E-state index in [1.807, 2.05) is 43.0 Å². The molecule has 1 unspecified atom stereocenters. The zero-order valence-corrected chi connectivity index (χ0v) is 21.2. The summed E-state index contributed by atoms with van der Waals surface area (Å²) in [5.41, 5.74) is 3.43. The van der Waals surface area contributed by atoms with Crippen LogP contribution in [0.3, 0.4) is 0 Å². The smallest absolute Gasteiger partial charge is 0.338 e. The normalized spacial score (nSPS) is 22.9. The van der Waals surface area contributed by atoms with E-state index in [0.29, 0.717) is 47.2 Å². The van der Waals surface area contributed by atoms with Gasteiger partial charge in [-0.15, -0.1) is 0 Å². The Morgan fingerprint density at radius 2 is 1.97 bits per heavy atom. The fraction of sp³-hybridized carbons (Fsp3) is 0.519. The number of cyclic esters (lactones) is 1. The van der Waals surface area contributed by atoms with Crippen molar-refractivity contribution in [2.45, 2.75) is 59.3 Å². The van der Waals surface area contributed by atoms with Crippen molar-refractivity contribution in [2.24, 2.45) is 11.1 Å². The van der Waals surface area contributed by atoms with Crippen LogP contribution >= 0.6 is 11.6 Å². The molecule has 1 saturated heterocycles. The Hall–Kier alpha value is -2.60. The van der Waals surface area contributed by atoms with Crippen molar-refractivity contribution in [2.75, 3.05) is 26.3 Å². The number of fused-ring (bicyclic) bond motifs is 1. The number of nitrogens with zero attached hydrogens (tertiary/aromatic N) is 2. The van der Waals surface area contributed by atoms with E-state index in [1.54, 1.807) is 0 Å². The van der Waals surface area contributed by atoms with Crippen molar-refractivity contribution in [3.8, 4) is 0 Å². The summed E-state index contributed by atoms with van der Waals surface area (Å²) >= 11 is 6.67. The van der Waals surface area contributed by atoms with Gasteiger partial charge in [-0.1, -0.05) is 48.0 Å². The number of benzene rings is 1. The van der Waals surface area contributed by atoms with Gasteiger partial charge in [0.1, 0.15) is 0 Å². The number of oxime groups is 1. The quantitative estimate of drug-likeness (QED) is 0.317. The zero-order chi connectivity index (χ0) is 24.5. The summed E-state index contributed by atoms with van der Waals surface area (Å²) < 4.78 is 5.52. The predicted octanol–water partition coefficient (Wildman–Crippen LogP) is 5.58. The number of amides is 1. The minimum absolute atomic E-state index is 0.0559. The van der Waals surface area contributed by atoms with Crippen molar-refractivity contribution in [1.29, 1.82) is 0 Å². The maximum atomic E-state index is 12.9. The molecule has 0 aliphatic carbocycles. The Bertz CT molecular complexity index is 983. The molecule has 0 bridgehead atoms. The molecule has 0 aromatic heterocycles. The Balaban J connectivity index is 1.85. The van der Waals surface area contributed by atoms with Crippen molar-refractivity contribution in [3.63, 3.8) is 0 Å². The third-order valence-corrected chi connectivity index (χ3v) is 6.70. The molecule has 2 heterocycles. The lowest BCUT2D eigenvalue weighted by molar-refractivity contribution is -0.137. The second kappa shape index (κ2) is 12.7. The number of halogens is 1. The van der Waals surface area contributed by atoms with Crippen LogP contribution in [0.25, 0.3) is 0 Å². The zero-order valence-electron chi connectivity index (χ0n) is 20.4. The molecule has 1 aromatic carbocycles. The van der Waals surface area contributed by atoms with E-state index in [4.69, 9.17) is 21.2 Å². The highest BCUT2D eigenvalue weighted by atomic mass is 35.5. The third kappa shape index (κ3) is 7.20. The van der Waals surface area contributed by atoms with Gasteiger partial charge in [0.15, 0.2) is 6.61 Å². The number of hydrogen-bond donors (Lipinski definition) is 0.